The van der Waals surface area contributed by atoms with Crippen LogP contribution in [0.3, 0.4) is 0 Å². The molecular weight excluding hydrogens is 180 g/mol. The molecule has 0 radical (unpaired) electrons. The first kappa shape index (κ1) is 10.6. The van der Waals surface area contributed by atoms with Crippen molar-refractivity contribution in [2.24, 2.45) is 0 Å². The molecule has 1 aromatic rings. The monoisotopic (exact) mass is 193 g/mol. The van der Waals surface area contributed by atoms with Crippen molar-refractivity contribution in [2.75, 3.05) is 6.61 Å². The summed E-state index contributed by atoms with van der Waals surface area (Å²) in [6, 6.07) is 9.71. The summed E-state index contributed by atoms with van der Waals surface area (Å²) < 4.78 is 4.45. The fraction of sp³-hybridized carbons (Fsp3) is 0.364. The number of hydrogen-bond acceptors (Lipinski definition) is 3. The van der Waals surface area contributed by atoms with Crippen molar-refractivity contribution in [3.63, 3.8) is 0 Å². The van der Waals surface area contributed by atoms with Gasteiger partial charge in [-0.15, -0.1) is 0 Å². The first-order valence-corrected chi connectivity index (χ1v) is 4.62. The van der Waals surface area contributed by atoms with E-state index in [0.717, 1.165) is 12.0 Å². The number of rotatable bonds is 4. The largest absolute Gasteiger partial charge is 0.549 e. The third-order valence-electron chi connectivity index (χ3n) is 2.17. The van der Waals surface area contributed by atoms with E-state index in [1.54, 1.807) is 0 Å². The first-order valence-electron chi connectivity index (χ1n) is 4.62. The average Bonchev–Trinajstić information content (AvgIpc) is 2.20. The zero-order chi connectivity index (χ0) is 10.4. The molecule has 3 nitrogen and oxygen atoms in total. The van der Waals surface area contributed by atoms with Crippen molar-refractivity contribution in [3.05, 3.63) is 35.9 Å². The quantitative estimate of drug-likeness (QED) is 0.681. The molecule has 0 aromatic heterocycles. The molecule has 1 rings (SSSR count). The van der Waals surface area contributed by atoms with E-state index in [9.17, 15) is 9.90 Å². The average molecular weight is 193 g/mol. The Morgan fingerprint density at radius 2 is 2.07 bits per heavy atom. The summed E-state index contributed by atoms with van der Waals surface area (Å²) in [7, 11) is 0. The molecule has 0 N–H and O–H groups in total. The Bertz CT molecular complexity index is 282. The molecule has 1 atom stereocenters. The molecule has 0 saturated heterocycles. The lowest BCUT2D eigenvalue weighted by atomic mass is 9.98. The number of carbonyl (C=O) groups is 1. The van der Waals surface area contributed by atoms with Gasteiger partial charge in [-0.1, -0.05) is 37.3 Å². The van der Waals surface area contributed by atoms with Crippen molar-refractivity contribution < 1.29 is 14.6 Å². The topological polar surface area (TPSA) is 49.4 Å². The van der Waals surface area contributed by atoms with Crippen molar-refractivity contribution in [3.8, 4) is 0 Å². The lowest BCUT2D eigenvalue weighted by Crippen LogP contribution is -2.25. The maximum Gasteiger partial charge on any atom is 0.252 e. The van der Waals surface area contributed by atoms with Crippen LogP contribution < -0.4 is 5.11 Å². The number of benzene rings is 1. The molecule has 0 heterocycles. The Hall–Kier alpha value is -1.51. The third-order valence-corrected chi connectivity index (χ3v) is 2.17. The summed E-state index contributed by atoms with van der Waals surface area (Å²) in [6.45, 7) is 2.17. The van der Waals surface area contributed by atoms with Crippen molar-refractivity contribution in [1.29, 1.82) is 0 Å². The molecule has 0 aliphatic carbocycles. The Labute approximate surface area is 83.3 Å². The third kappa shape index (κ3) is 3.09. The maximum atomic E-state index is 10.1. The standard InChI is InChI=1S/C11H14O3/c1-2-9(8-14-11(12)13)10-6-4-3-5-7-10/h3-7,9H,2,8H2,1H3,(H,12,13)/p-1. The van der Waals surface area contributed by atoms with Gasteiger partial charge in [0.2, 0.25) is 0 Å². The molecule has 3 heteroatoms. The molecule has 1 aromatic carbocycles. The van der Waals surface area contributed by atoms with E-state index in [0.29, 0.717) is 0 Å². The van der Waals surface area contributed by atoms with Crippen LogP contribution in [0.4, 0.5) is 4.79 Å². The fourth-order valence-electron chi connectivity index (χ4n) is 1.34. The van der Waals surface area contributed by atoms with Gasteiger partial charge in [0.05, 0.1) is 0 Å². The lowest BCUT2D eigenvalue weighted by molar-refractivity contribution is -0.283. The number of carbonyl (C=O) groups excluding carboxylic acids is 1. The zero-order valence-electron chi connectivity index (χ0n) is 8.10. The Balaban J connectivity index is 2.58. The van der Waals surface area contributed by atoms with Crippen LogP contribution >= 0.6 is 0 Å². The second-order valence-electron chi connectivity index (χ2n) is 3.08. The van der Waals surface area contributed by atoms with Crippen LogP contribution in [0.5, 0.6) is 0 Å². The highest BCUT2D eigenvalue weighted by atomic mass is 16.7. The molecule has 14 heavy (non-hydrogen) atoms. The zero-order valence-corrected chi connectivity index (χ0v) is 8.10. The normalized spacial score (nSPS) is 12.1. The van der Waals surface area contributed by atoms with E-state index in [-0.39, 0.29) is 12.5 Å². The summed E-state index contributed by atoms with van der Waals surface area (Å²) in [5.74, 6) is 0.120. The number of ether oxygens (including phenoxy) is 1. The lowest BCUT2D eigenvalue weighted by Gasteiger charge is -2.18. The predicted molar refractivity (Wildman–Crippen MR) is 50.8 cm³/mol. The molecule has 76 valence electrons. The van der Waals surface area contributed by atoms with E-state index in [1.807, 2.05) is 37.3 Å². The minimum Gasteiger partial charge on any atom is -0.549 e. The highest BCUT2D eigenvalue weighted by Crippen LogP contribution is 2.18. The van der Waals surface area contributed by atoms with E-state index in [1.165, 1.54) is 0 Å². The van der Waals surface area contributed by atoms with E-state index in [4.69, 9.17) is 0 Å². The van der Waals surface area contributed by atoms with E-state index in [2.05, 4.69) is 4.74 Å². The van der Waals surface area contributed by atoms with E-state index >= 15 is 0 Å². The van der Waals surface area contributed by atoms with Gasteiger partial charge in [-0.3, -0.25) is 0 Å². The van der Waals surface area contributed by atoms with Gasteiger partial charge in [0.15, 0.2) is 0 Å². The molecule has 0 amide bonds. The minimum atomic E-state index is -1.46. The molecule has 1 unspecified atom stereocenters. The van der Waals surface area contributed by atoms with Crippen LogP contribution in [0, 0.1) is 0 Å². The highest BCUT2D eigenvalue weighted by Gasteiger charge is 2.07. The minimum absolute atomic E-state index is 0.120. The van der Waals surface area contributed by atoms with Gasteiger partial charge in [-0.2, -0.15) is 0 Å². The van der Waals surface area contributed by atoms with Gasteiger partial charge in [0.25, 0.3) is 6.16 Å². The number of carboxylic acid groups (broad SMARTS) is 1. The maximum absolute atomic E-state index is 10.1. The molecule has 0 saturated carbocycles. The second-order valence-corrected chi connectivity index (χ2v) is 3.08. The Kier molecular flexibility index (Phi) is 3.98. The Morgan fingerprint density at radius 1 is 1.43 bits per heavy atom. The molecule has 0 bridgehead atoms. The Morgan fingerprint density at radius 3 is 2.57 bits per heavy atom. The highest BCUT2D eigenvalue weighted by molar-refractivity contribution is 5.54. The van der Waals surface area contributed by atoms with Gasteiger partial charge in [0, 0.05) is 12.5 Å². The molecule has 0 fully saturated rings. The molecule has 0 aliphatic rings. The van der Waals surface area contributed by atoms with Gasteiger partial charge >= 0.3 is 0 Å². The van der Waals surface area contributed by atoms with Gasteiger partial charge in [-0.25, -0.2) is 0 Å². The fourth-order valence-corrected chi connectivity index (χ4v) is 1.34. The number of hydrogen-bond donors (Lipinski definition) is 0. The van der Waals surface area contributed by atoms with Crippen LogP contribution in [0.1, 0.15) is 24.8 Å². The first-order chi connectivity index (χ1) is 6.74. The van der Waals surface area contributed by atoms with Crippen LogP contribution in [0.15, 0.2) is 30.3 Å². The summed E-state index contributed by atoms with van der Waals surface area (Å²) in [4.78, 5) is 10.1. The predicted octanol–water partition coefficient (Wildman–Crippen LogP) is 1.54. The van der Waals surface area contributed by atoms with E-state index < -0.39 is 6.16 Å². The molecule has 0 aliphatic heterocycles. The molecule has 0 spiro atoms. The van der Waals surface area contributed by atoms with Gasteiger partial charge in [0.1, 0.15) is 0 Å². The SMILES string of the molecule is CCC(COC(=O)[O-])c1ccccc1. The summed E-state index contributed by atoms with van der Waals surface area (Å²) in [5, 5.41) is 10.1. The van der Waals surface area contributed by atoms with Crippen LogP contribution in [-0.2, 0) is 4.74 Å². The summed E-state index contributed by atoms with van der Waals surface area (Å²) in [5.41, 5.74) is 1.09. The van der Waals surface area contributed by atoms with Gasteiger partial charge in [-0.05, 0) is 12.0 Å². The van der Waals surface area contributed by atoms with Crippen molar-refractivity contribution in [2.45, 2.75) is 19.3 Å². The van der Waals surface area contributed by atoms with Crippen LogP contribution in [0.25, 0.3) is 0 Å². The molecular formula is C11H13O3-. The van der Waals surface area contributed by atoms with Crippen molar-refractivity contribution >= 4 is 6.16 Å². The summed E-state index contributed by atoms with van der Waals surface area (Å²) in [6.07, 6.45) is -0.614. The second kappa shape index (κ2) is 5.27. The van der Waals surface area contributed by atoms with Gasteiger partial charge < -0.3 is 14.6 Å². The summed E-state index contributed by atoms with van der Waals surface area (Å²) >= 11 is 0. The van der Waals surface area contributed by atoms with Crippen molar-refractivity contribution in [1.82, 2.24) is 0 Å². The van der Waals surface area contributed by atoms with Crippen LogP contribution in [0.2, 0.25) is 0 Å². The smallest absolute Gasteiger partial charge is 0.252 e. The van der Waals surface area contributed by atoms with Crippen LogP contribution in [-0.4, -0.2) is 12.8 Å².